The van der Waals surface area contributed by atoms with Gasteiger partial charge in [0.25, 0.3) is 0 Å². The summed E-state index contributed by atoms with van der Waals surface area (Å²) in [6.45, 7) is 1.55. The van der Waals surface area contributed by atoms with Crippen LogP contribution in [-0.2, 0) is 0 Å². The van der Waals surface area contributed by atoms with E-state index >= 15 is 0 Å². The molecule has 1 aromatic carbocycles. The molecule has 0 heterocycles. The quantitative estimate of drug-likeness (QED) is 0.751. The Balaban J connectivity index is 3.12. The average Bonchev–Trinajstić information content (AvgIpc) is 2.16. The summed E-state index contributed by atoms with van der Waals surface area (Å²) < 4.78 is 26.2. The van der Waals surface area contributed by atoms with Gasteiger partial charge in [0.2, 0.25) is 0 Å². The predicted molar refractivity (Wildman–Crippen MR) is 49.2 cm³/mol. The molecule has 76 valence electrons. The van der Waals surface area contributed by atoms with Crippen LogP contribution >= 0.6 is 0 Å². The molecule has 1 rings (SSSR count). The van der Waals surface area contributed by atoms with Crippen molar-refractivity contribution in [3.05, 3.63) is 35.4 Å². The highest BCUT2D eigenvalue weighted by molar-refractivity contribution is 6.00. The van der Waals surface area contributed by atoms with Crippen LogP contribution in [0.2, 0.25) is 0 Å². The second kappa shape index (κ2) is 4.28. The SMILES string of the molecule is CNC(C)C(=O)c1c(F)cccc1F. The highest BCUT2D eigenvalue weighted by Gasteiger charge is 2.20. The second-order valence-electron chi connectivity index (χ2n) is 2.97. The Morgan fingerprint density at radius 2 is 1.86 bits per heavy atom. The van der Waals surface area contributed by atoms with Gasteiger partial charge in [0.15, 0.2) is 5.78 Å². The van der Waals surface area contributed by atoms with Gasteiger partial charge in [-0.1, -0.05) is 6.07 Å². The highest BCUT2D eigenvalue weighted by atomic mass is 19.1. The van der Waals surface area contributed by atoms with Crippen molar-refractivity contribution in [3.8, 4) is 0 Å². The van der Waals surface area contributed by atoms with Crippen molar-refractivity contribution < 1.29 is 13.6 Å². The lowest BCUT2D eigenvalue weighted by atomic mass is 10.0. The topological polar surface area (TPSA) is 29.1 Å². The van der Waals surface area contributed by atoms with Crippen molar-refractivity contribution in [2.75, 3.05) is 7.05 Å². The van der Waals surface area contributed by atoms with Crippen LogP contribution in [0.1, 0.15) is 17.3 Å². The summed E-state index contributed by atoms with van der Waals surface area (Å²) in [6.07, 6.45) is 0. The van der Waals surface area contributed by atoms with Gasteiger partial charge in [-0.3, -0.25) is 4.79 Å². The molecule has 1 unspecified atom stereocenters. The molecule has 0 aliphatic rings. The van der Waals surface area contributed by atoms with Crippen molar-refractivity contribution in [2.24, 2.45) is 0 Å². The number of halogens is 2. The van der Waals surface area contributed by atoms with Gasteiger partial charge < -0.3 is 5.32 Å². The van der Waals surface area contributed by atoms with E-state index in [-0.39, 0.29) is 0 Å². The van der Waals surface area contributed by atoms with Crippen LogP contribution in [0.15, 0.2) is 18.2 Å². The first-order valence-electron chi connectivity index (χ1n) is 4.23. The number of ketones is 1. The number of hydrogen-bond donors (Lipinski definition) is 1. The van der Waals surface area contributed by atoms with E-state index in [2.05, 4.69) is 5.32 Å². The summed E-state index contributed by atoms with van der Waals surface area (Å²) in [7, 11) is 1.56. The van der Waals surface area contributed by atoms with E-state index in [1.54, 1.807) is 14.0 Å². The molecule has 2 nitrogen and oxygen atoms in total. The molecule has 0 spiro atoms. The number of rotatable bonds is 3. The summed E-state index contributed by atoms with van der Waals surface area (Å²) >= 11 is 0. The summed E-state index contributed by atoms with van der Waals surface area (Å²) in [4.78, 5) is 11.5. The van der Waals surface area contributed by atoms with Gasteiger partial charge in [0.1, 0.15) is 11.6 Å². The van der Waals surface area contributed by atoms with Gasteiger partial charge in [0, 0.05) is 0 Å². The maximum Gasteiger partial charge on any atom is 0.185 e. The van der Waals surface area contributed by atoms with Crippen molar-refractivity contribution in [1.82, 2.24) is 5.32 Å². The molecule has 1 N–H and O–H groups in total. The van der Waals surface area contributed by atoms with Crippen molar-refractivity contribution >= 4 is 5.78 Å². The number of benzene rings is 1. The van der Waals surface area contributed by atoms with E-state index in [1.807, 2.05) is 0 Å². The highest BCUT2D eigenvalue weighted by Crippen LogP contribution is 2.13. The molecule has 14 heavy (non-hydrogen) atoms. The molecule has 0 amide bonds. The standard InChI is InChI=1S/C10H11F2NO/c1-6(13-2)10(14)9-7(11)4-3-5-8(9)12/h3-6,13H,1-2H3. The van der Waals surface area contributed by atoms with E-state index in [1.165, 1.54) is 6.07 Å². The number of nitrogens with one attached hydrogen (secondary N) is 1. The average molecular weight is 199 g/mol. The fourth-order valence-electron chi connectivity index (χ4n) is 1.08. The Labute approximate surface area is 80.9 Å². The van der Waals surface area contributed by atoms with Gasteiger partial charge in [-0.2, -0.15) is 0 Å². The molecule has 1 atom stereocenters. The molecular formula is C10H11F2NO. The van der Waals surface area contributed by atoms with Crippen molar-refractivity contribution in [3.63, 3.8) is 0 Å². The fourth-order valence-corrected chi connectivity index (χ4v) is 1.08. The number of Topliss-reactive ketones (excluding diaryl/α,β-unsaturated/α-hetero) is 1. The molecule has 0 bridgehead atoms. The molecular weight excluding hydrogens is 188 g/mol. The fraction of sp³-hybridized carbons (Fsp3) is 0.300. The van der Waals surface area contributed by atoms with E-state index in [4.69, 9.17) is 0 Å². The maximum atomic E-state index is 13.1. The number of carbonyl (C=O) groups is 1. The second-order valence-corrected chi connectivity index (χ2v) is 2.97. The van der Waals surface area contributed by atoms with Gasteiger partial charge in [-0.15, -0.1) is 0 Å². The number of likely N-dealkylation sites (N-methyl/N-ethyl adjacent to an activating group) is 1. The molecule has 0 radical (unpaired) electrons. The third kappa shape index (κ3) is 1.96. The summed E-state index contributed by atoms with van der Waals surface area (Å²) in [6, 6.07) is 2.77. The lowest BCUT2D eigenvalue weighted by Gasteiger charge is -2.09. The first-order valence-corrected chi connectivity index (χ1v) is 4.23. The first kappa shape index (κ1) is 10.8. The van der Waals surface area contributed by atoms with Crippen molar-refractivity contribution in [1.29, 1.82) is 0 Å². The number of hydrogen-bond acceptors (Lipinski definition) is 2. The van der Waals surface area contributed by atoms with E-state index in [0.29, 0.717) is 0 Å². The van der Waals surface area contributed by atoms with Crippen LogP contribution in [0.5, 0.6) is 0 Å². The van der Waals surface area contributed by atoms with Crippen LogP contribution in [0.4, 0.5) is 8.78 Å². The Bertz CT molecular complexity index is 332. The lowest BCUT2D eigenvalue weighted by molar-refractivity contribution is 0.0946. The Hall–Kier alpha value is -1.29. The summed E-state index contributed by atoms with van der Waals surface area (Å²) in [5, 5.41) is 2.63. The zero-order valence-electron chi connectivity index (χ0n) is 7.97. The van der Waals surface area contributed by atoms with Crippen LogP contribution in [-0.4, -0.2) is 18.9 Å². The van der Waals surface area contributed by atoms with Gasteiger partial charge >= 0.3 is 0 Å². The zero-order chi connectivity index (χ0) is 10.7. The lowest BCUT2D eigenvalue weighted by Crippen LogP contribution is -2.32. The Kier molecular flexibility index (Phi) is 3.30. The predicted octanol–water partition coefficient (Wildman–Crippen LogP) is 1.76. The molecule has 0 saturated heterocycles. The third-order valence-corrected chi connectivity index (χ3v) is 2.04. The molecule has 0 aromatic heterocycles. The van der Waals surface area contributed by atoms with Gasteiger partial charge in [0.05, 0.1) is 11.6 Å². The Morgan fingerprint density at radius 3 is 2.29 bits per heavy atom. The minimum atomic E-state index is -0.822. The van der Waals surface area contributed by atoms with Crippen LogP contribution in [0.3, 0.4) is 0 Å². The molecule has 1 aromatic rings. The monoisotopic (exact) mass is 199 g/mol. The molecule has 0 saturated carbocycles. The number of carbonyl (C=O) groups excluding carboxylic acids is 1. The van der Waals surface area contributed by atoms with Gasteiger partial charge in [-0.05, 0) is 26.1 Å². The molecule has 0 fully saturated rings. The van der Waals surface area contributed by atoms with Crippen LogP contribution in [0.25, 0.3) is 0 Å². The molecule has 4 heteroatoms. The first-order chi connectivity index (χ1) is 6.57. The Morgan fingerprint density at radius 1 is 1.36 bits per heavy atom. The van der Waals surface area contributed by atoms with Crippen LogP contribution < -0.4 is 5.32 Å². The zero-order valence-corrected chi connectivity index (χ0v) is 7.97. The summed E-state index contributed by atoms with van der Waals surface area (Å²) in [5.74, 6) is -2.22. The molecule has 0 aliphatic carbocycles. The minimum absolute atomic E-state index is 0.477. The van der Waals surface area contributed by atoms with Crippen molar-refractivity contribution in [2.45, 2.75) is 13.0 Å². The van der Waals surface area contributed by atoms with E-state index in [9.17, 15) is 13.6 Å². The summed E-state index contributed by atoms with van der Waals surface area (Å²) in [5.41, 5.74) is -0.477. The largest absolute Gasteiger partial charge is 0.310 e. The minimum Gasteiger partial charge on any atom is -0.310 e. The molecule has 0 aliphatic heterocycles. The van der Waals surface area contributed by atoms with E-state index < -0.39 is 29.0 Å². The smallest absolute Gasteiger partial charge is 0.185 e. The maximum absolute atomic E-state index is 13.1. The normalized spacial score (nSPS) is 12.6. The third-order valence-electron chi connectivity index (χ3n) is 2.04. The van der Waals surface area contributed by atoms with Crippen LogP contribution in [0, 0.1) is 11.6 Å². The van der Waals surface area contributed by atoms with Gasteiger partial charge in [-0.25, -0.2) is 8.78 Å². The van der Waals surface area contributed by atoms with E-state index in [0.717, 1.165) is 12.1 Å².